The van der Waals surface area contributed by atoms with Gasteiger partial charge in [-0.05, 0) is 12.3 Å². The molecule has 70 valence electrons. The zero-order chi connectivity index (χ0) is 9.84. The summed E-state index contributed by atoms with van der Waals surface area (Å²) >= 11 is 0. The highest BCUT2D eigenvalue weighted by atomic mass is 16.5. The number of methoxy groups -OCH3 is 1. The summed E-state index contributed by atoms with van der Waals surface area (Å²) in [6.45, 7) is 1.99. The summed E-state index contributed by atoms with van der Waals surface area (Å²) in [7, 11) is 1.31. The molecular weight excluding hydrogens is 168 g/mol. The van der Waals surface area contributed by atoms with Gasteiger partial charge in [0.25, 0.3) is 0 Å². The molecule has 0 amide bonds. The van der Waals surface area contributed by atoms with Crippen LogP contribution in [0.2, 0.25) is 0 Å². The molecule has 0 aromatic heterocycles. The average Bonchev–Trinajstić information content (AvgIpc) is 2.16. The van der Waals surface area contributed by atoms with Crippen LogP contribution in [0.5, 0.6) is 0 Å². The Morgan fingerprint density at radius 3 is 2.92 bits per heavy atom. The second kappa shape index (κ2) is 4.03. The SMILES string of the molecule is COC(=O)C1=CC(C)CC=C1C=O. The normalized spacial score (nSPS) is 21.5. The van der Waals surface area contributed by atoms with Crippen molar-refractivity contribution in [2.24, 2.45) is 5.92 Å². The van der Waals surface area contributed by atoms with E-state index in [0.29, 0.717) is 17.4 Å². The highest BCUT2D eigenvalue weighted by Crippen LogP contribution is 2.22. The molecule has 1 aliphatic rings. The Morgan fingerprint density at radius 1 is 1.69 bits per heavy atom. The highest BCUT2D eigenvalue weighted by Gasteiger charge is 2.18. The number of esters is 1. The second-order valence-corrected chi connectivity index (χ2v) is 3.06. The van der Waals surface area contributed by atoms with E-state index in [4.69, 9.17) is 0 Å². The van der Waals surface area contributed by atoms with Gasteiger partial charge in [0.15, 0.2) is 6.29 Å². The minimum Gasteiger partial charge on any atom is -0.465 e. The molecule has 0 spiro atoms. The van der Waals surface area contributed by atoms with Gasteiger partial charge in [-0.1, -0.05) is 19.1 Å². The summed E-state index contributed by atoms with van der Waals surface area (Å²) < 4.78 is 4.56. The monoisotopic (exact) mass is 180 g/mol. The second-order valence-electron chi connectivity index (χ2n) is 3.06. The molecule has 0 aromatic carbocycles. The lowest BCUT2D eigenvalue weighted by Gasteiger charge is -2.13. The molecule has 13 heavy (non-hydrogen) atoms. The lowest BCUT2D eigenvalue weighted by Crippen LogP contribution is -2.12. The third kappa shape index (κ3) is 2.05. The molecule has 3 nitrogen and oxygen atoms in total. The van der Waals surface area contributed by atoms with Crippen LogP contribution in [0.1, 0.15) is 13.3 Å². The third-order valence-electron chi connectivity index (χ3n) is 2.00. The van der Waals surface area contributed by atoms with Crippen molar-refractivity contribution in [2.45, 2.75) is 13.3 Å². The first kappa shape index (κ1) is 9.71. The fourth-order valence-corrected chi connectivity index (χ4v) is 1.28. The molecule has 1 unspecified atom stereocenters. The Labute approximate surface area is 77.1 Å². The van der Waals surface area contributed by atoms with Crippen LogP contribution in [-0.4, -0.2) is 19.4 Å². The molecular formula is C10H12O3. The van der Waals surface area contributed by atoms with Gasteiger partial charge in [-0.2, -0.15) is 0 Å². The van der Waals surface area contributed by atoms with Crippen molar-refractivity contribution >= 4 is 12.3 Å². The first-order valence-electron chi connectivity index (χ1n) is 4.15. The molecule has 0 heterocycles. The number of carbonyl (C=O) groups is 2. The first-order valence-corrected chi connectivity index (χ1v) is 4.15. The van der Waals surface area contributed by atoms with E-state index in [2.05, 4.69) is 4.74 Å². The summed E-state index contributed by atoms with van der Waals surface area (Å²) in [5.41, 5.74) is 0.821. The Hall–Kier alpha value is -1.38. The van der Waals surface area contributed by atoms with Crippen LogP contribution in [0.25, 0.3) is 0 Å². The van der Waals surface area contributed by atoms with Crippen LogP contribution < -0.4 is 0 Å². The average molecular weight is 180 g/mol. The predicted octanol–water partition coefficient (Wildman–Crippen LogP) is 1.25. The van der Waals surface area contributed by atoms with Gasteiger partial charge in [0.05, 0.1) is 12.7 Å². The fourth-order valence-electron chi connectivity index (χ4n) is 1.28. The van der Waals surface area contributed by atoms with Crippen molar-refractivity contribution in [1.82, 2.24) is 0 Å². The minimum atomic E-state index is -0.440. The van der Waals surface area contributed by atoms with Crippen LogP contribution in [0.15, 0.2) is 23.3 Å². The van der Waals surface area contributed by atoms with Crippen molar-refractivity contribution in [2.75, 3.05) is 7.11 Å². The molecule has 0 aliphatic heterocycles. The highest BCUT2D eigenvalue weighted by molar-refractivity contribution is 6.02. The molecule has 0 aromatic rings. The van der Waals surface area contributed by atoms with Crippen molar-refractivity contribution < 1.29 is 14.3 Å². The van der Waals surface area contributed by atoms with E-state index in [1.165, 1.54) is 7.11 Å². The summed E-state index contributed by atoms with van der Waals surface area (Å²) in [6.07, 6.45) is 5.03. The van der Waals surface area contributed by atoms with Gasteiger partial charge in [0.2, 0.25) is 0 Å². The van der Waals surface area contributed by atoms with Gasteiger partial charge in [-0.3, -0.25) is 4.79 Å². The Balaban J connectivity index is 2.95. The van der Waals surface area contributed by atoms with E-state index >= 15 is 0 Å². The number of carbonyl (C=O) groups excluding carboxylic acids is 2. The van der Waals surface area contributed by atoms with Gasteiger partial charge >= 0.3 is 5.97 Å². The zero-order valence-electron chi connectivity index (χ0n) is 7.74. The van der Waals surface area contributed by atoms with Gasteiger partial charge in [-0.25, -0.2) is 4.79 Å². The lowest BCUT2D eigenvalue weighted by molar-refractivity contribution is -0.136. The van der Waals surface area contributed by atoms with E-state index in [1.54, 1.807) is 12.2 Å². The van der Waals surface area contributed by atoms with E-state index in [-0.39, 0.29) is 5.92 Å². The molecule has 0 N–H and O–H groups in total. The van der Waals surface area contributed by atoms with Crippen molar-refractivity contribution in [3.63, 3.8) is 0 Å². The van der Waals surface area contributed by atoms with Crippen LogP contribution in [0, 0.1) is 5.92 Å². The molecule has 0 radical (unpaired) electrons. The Kier molecular flexibility index (Phi) is 3.01. The number of hydrogen-bond donors (Lipinski definition) is 0. The molecule has 0 fully saturated rings. The van der Waals surface area contributed by atoms with E-state index in [1.807, 2.05) is 6.92 Å². The molecule has 1 atom stereocenters. The summed E-state index contributed by atoms with van der Waals surface area (Å²) in [6, 6.07) is 0. The van der Waals surface area contributed by atoms with Crippen LogP contribution in [0.4, 0.5) is 0 Å². The molecule has 3 heteroatoms. The first-order chi connectivity index (χ1) is 6.19. The number of rotatable bonds is 2. The molecule has 0 bridgehead atoms. The lowest BCUT2D eigenvalue weighted by atomic mass is 9.92. The van der Waals surface area contributed by atoms with E-state index in [9.17, 15) is 9.59 Å². The van der Waals surface area contributed by atoms with Gasteiger partial charge in [0.1, 0.15) is 0 Å². The molecule has 0 saturated heterocycles. The Morgan fingerprint density at radius 2 is 2.38 bits per heavy atom. The number of ether oxygens (including phenoxy) is 1. The van der Waals surface area contributed by atoms with Crippen LogP contribution >= 0.6 is 0 Å². The quantitative estimate of drug-likeness (QED) is 0.474. The maximum Gasteiger partial charge on any atom is 0.338 e. The van der Waals surface area contributed by atoms with Gasteiger partial charge in [0, 0.05) is 5.57 Å². The van der Waals surface area contributed by atoms with Crippen LogP contribution in [-0.2, 0) is 14.3 Å². The smallest absolute Gasteiger partial charge is 0.338 e. The largest absolute Gasteiger partial charge is 0.465 e. The van der Waals surface area contributed by atoms with Gasteiger partial charge in [-0.15, -0.1) is 0 Å². The molecule has 1 rings (SSSR count). The minimum absolute atomic E-state index is 0.290. The van der Waals surface area contributed by atoms with Gasteiger partial charge < -0.3 is 4.74 Å². The molecule has 0 saturated carbocycles. The maximum atomic E-state index is 11.2. The van der Waals surface area contributed by atoms with E-state index < -0.39 is 5.97 Å². The number of hydrogen-bond acceptors (Lipinski definition) is 3. The van der Waals surface area contributed by atoms with Crippen molar-refractivity contribution in [1.29, 1.82) is 0 Å². The van der Waals surface area contributed by atoms with E-state index in [0.717, 1.165) is 6.42 Å². The molecule has 1 aliphatic carbocycles. The summed E-state index contributed by atoms with van der Waals surface area (Å²) in [5, 5.41) is 0. The summed E-state index contributed by atoms with van der Waals surface area (Å²) in [5.74, 6) is -0.150. The summed E-state index contributed by atoms with van der Waals surface area (Å²) in [4.78, 5) is 21.8. The third-order valence-corrected chi connectivity index (χ3v) is 2.00. The van der Waals surface area contributed by atoms with Crippen molar-refractivity contribution in [3.05, 3.63) is 23.3 Å². The number of aldehydes is 1. The van der Waals surface area contributed by atoms with Crippen LogP contribution in [0.3, 0.4) is 0 Å². The zero-order valence-corrected chi connectivity index (χ0v) is 7.74. The topological polar surface area (TPSA) is 43.4 Å². The maximum absolute atomic E-state index is 11.2. The predicted molar refractivity (Wildman–Crippen MR) is 48.0 cm³/mol. The Bertz CT molecular complexity index is 287. The fraction of sp³-hybridized carbons (Fsp3) is 0.400. The number of allylic oxidation sites excluding steroid dienone is 2. The standard InChI is InChI=1S/C10H12O3/c1-7-3-4-8(6-11)9(5-7)10(12)13-2/h4-7H,3H2,1-2H3. The van der Waals surface area contributed by atoms with Crippen molar-refractivity contribution in [3.8, 4) is 0 Å².